The molecule has 1 heterocycles. The van der Waals surface area contributed by atoms with Crippen LogP contribution in [0.2, 0.25) is 0 Å². The molecule has 5 saturated carbocycles. The molecule has 8 atom stereocenters. The zero-order valence-electron chi connectivity index (χ0n) is 17.3. The molecular formula is C25H32O3. The molecular weight excluding hydrogens is 348 g/mol. The Bertz CT molecular complexity index is 852. The van der Waals surface area contributed by atoms with Crippen molar-refractivity contribution in [2.75, 3.05) is 0 Å². The summed E-state index contributed by atoms with van der Waals surface area (Å²) < 4.78 is 6.10. The molecule has 0 aromatic heterocycles. The second-order valence-electron chi connectivity index (χ2n) is 12.1. The van der Waals surface area contributed by atoms with E-state index in [1.807, 2.05) is 0 Å². The molecule has 28 heavy (non-hydrogen) atoms. The second-order valence-corrected chi connectivity index (χ2v) is 12.1. The van der Waals surface area contributed by atoms with E-state index in [-0.39, 0.29) is 27.8 Å². The highest BCUT2D eigenvalue weighted by atomic mass is 16.6. The van der Waals surface area contributed by atoms with E-state index in [9.17, 15) is 9.59 Å². The Balaban J connectivity index is 1.30. The van der Waals surface area contributed by atoms with Gasteiger partial charge < -0.3 is 4.74 Å². The first-order valence-electron chi connectivity index (χ1n) is 11.8. The lowest BCUT2D eigenvalue weighted by molar-refractivity contribution is -0.169. The van der Waals surface area contributed by atoms with Crippen LogP contribution in [0.25, 0.3) is 0 Å². The SMILES string of the molecule is C[C@]12CC3(CC3)C(=O)C=C1C1C[C@H]1C1C2CC[C@@]2(C)C1CC[C@@]21CCC(=O)O1. The lowest BCUT2D eigenvalue weighted by Gasteiger charge is -2.59. The number of allylic oxidation sites excluding steroid dienone is 1. The Kier molecular flexibility index (Phi) is 2.75. The van der Waals surface area contributed by atoms with Crippen LogP contribution in [0.15, 0.2) is 11.6 Å². The molecule has 0 bridgehead atoms. The maximum Gasteiger partial charge on any atom is 0.306 e. The summed E-state index contributed by atoms with van der Waals surface area (Å²) in [7, 11) is 0. The molecule has 6 aliphatic carbocycles. The Labute approximate surface area is 167 Å². The van der Waals surface area contributed by atoms with Crippen LogP contribution in [0, 0.1) is 45.8 Å². The Morgan fingerprint density at radius 2 is 1.79 bits per heavy atom. The van der Waals surface area contributed by atoms with Gasteiger partial charge in [0.2, 0.25) is 0 Å². The van der Waals surface area contributed by atoms with Crippen LogP contribution in [0.1, 0.15) is 78.1 Å². The molecule has 0 aromatic rings. The molecule has 150 valence electrons. The number of ketones is 1. The standard InChI is InChI=1S/C25H32O3/c1-22-13-24(9-10-24)19(26)12-18(22)14-11-15(14)21-16(22)3-6-23(2)17(21)4-7-25(23)8-5-20(27)28-25/h12,14-17,21H,3-11,13H2,1-2H3/t14?,15-,16?,17?,21?,22-,23+,25-/m1/s1. The highest BCUT2D eigenvalue weighted by Crippen LogP contribution is 2.77. The Morgan fingerprint density at radius 1 is 1.00 bits per heavy atom. The van der Waals surface area contributed by atoms with Crippen molar-refractivity contribution < 1.29 is 14.3 Å². The Hall–Kier alpha value is -1.12. The molecule has 0 amide bonds. The van der Waals surface area contributed by atoms with Gasteiger partial charge in [0.25, 0.3) is 0 Å². The van der Waals surface area contributed by atoms with Crippen molar-refractivity contribution in [3.05, 3.63) is 11.6 Å². The van der Waals surface area contributed by atoms with Crippen molar-refractivity contribution in [2.24, 2.45) is 45.8 Å². The fraction of sp³-hybridized carbons (Fsp3) is 0.840. The first-order chi connectivity index (χ1) is 13.3. The molecule has 0 aromatic carbocycles. The summed E-state index contributed by atoms with van der Waals surface area (Å²) in [5.41, 5.74) is 1.82. The van der Waals surface area contributed by atoms with E-state index in [1.54, 1.807) is 5.57 Å². The number of hydrogen-bond acceptors (Lipinski definition) is 3. The third-order valence-corrected chi connectivity index (χ3v) is 11.2. The molecule has 7 rings (SSSR count). The van der Waals surface area contributed by atoms with E-state index in [1.165, 1.54) is 25.7 Å². The van der Waals surface area contributed by atoms with Crippen LogP contribution >= 0.6 is 0 Å². The normalized spacial score (nSPS) is 57.2. The van der Waals surface area contributed by atoms with Gasteiger partial charge in [0.1, 0.15) is 5.60 Å². The predicted molar refractivity (Wildman–Crippen MR) is 104 cm³/mol. The molecule has 6 fully saturated rings. The highest BCUT2D eigenvalue weighted by molar-refractivity contribution is 5.99. The molecule has 4 unspecified atom stereocenters. The topological polar surface area (TPSA) is 43.4 Å². The molecule has 2 spiro atoms. The van der Waals surface area contributed by atoms with Crippen LogP contribution in [0.5, 0.6) is 0 Å². The van der Waals surface area contributed by atoms with Gasteiger partial charge in [-0.25, -0.2) is 0 Å². The minimum absolute atomic E-state index is 0.0170. The maximum atomic E-state index is 12.8. The van der Waals surface area contributed by atoms with Gasteiger partial charge >= 0.3 is 5.97 Å². The van der Waals surface area contributed by atoms with Gasteiger partial charge in [0, 0.05) is 17.3 Å². The molecule has 1 aliphatic heterocycles. The van der Waals surface area contributed by atoms with E-state index in [0.717, 1.165) is 49.9 Å². The summed E-state index contributed by atoms with van der Waals surface area (Å²) in [6.45, 7) is 5.00. The minimum atomic E-state index is -0.165. The lowest BCUT2D eigenvalue weighted by Crippen LogP contribution is -2.56. The number of carbonyl (C=O) groups excluding carboxylic acids is 2. The maximum absolute atomic E-state index is 12.8. The van der Waals surface area contributed by atoms with Gasteiger partial charge in [-0.15, -0.1) is 0 Å². The molecule has 3 heteroatoms. The average Bonchev–Trinajstić information content (AvgIpc) is 3.55. The van der Waals surface area contributed by atoms with Gasteiger partial charge in [0.05, 0.1) is 0 Å². The van der Waals surface area contributed by atoms with Crippen molar-refractivity contribution in [1.29, 1.82) is 0 Å². The number of hydrogen-bond donors (Lipinski definition) is 0. The second kappa shape index (κ2) is 4.62. The lowest BCUT2D eigenvalue weighted by atomic mass is 9.45. The molecule has 0 N–H and O–H groups in total. The van der Waals surface area contributed by atoms with Crippen LogP contribution in [-0.4, -0.2) is 17.4 Å². The number of carbonyl (C=O) groups is 2. The van der Waals surface area contributed by atoms with Gasteiger partial charge in [-0.3, -0.25) is 9.59 Å². The highest BCUT2D eigenvalue weighted by Gasteiger charge is 2.73. The summed E-state index contributed by atoms with van der Waals surface area (Å²) >= 11 is 0. The molecule has 3 nitrogen and oxygen atoms in total. The fourth-order valence-corrected chi connectivity index (χ4v) is 9.63. The van der Waals surface area contributed by atoms with E-state index >= 15 is 0 Å². The van der Waals surface area contributed by atoms with Gasteiger partial charge in [0.15, 0.2) is 5.78 Å². The van der Waals surface area contributed by atoms with Crippen molar-refractivity contribution in [3.63, 3.8) is 0 Å². The third kappa shape index (κ3) is 1.68. The van der Waals surface area contributed by atoms with Gasteiger partial charge in [-0.1, -0.05) is 19.4 Å². The minimum Gasteiger partial charge on any atom is -0.458 e. The molecule has 1 saturated heterocycles. The summed E-state index contributed by atoms with van der Waals surface area (Å²) in [6, 6.07) is 0. The summed E-state index contributed by atoms with van der Waals surface area (Å²) in [6.07, 6.45) is 13.2. The first kappa shape index (κ1) is 16.7. The molecule has 7 aliphatic rings. The predicted octanol–water partition coefficient (Wildman–Crippen LogP) is 4.84. The third-order valence-electron chi connectivity index (χ3n) is 11.2. The first-order valence-corrected chi connectivity index (χ1v) is 11.8. The van der Waals surface area contributed by atoms with Gasteiger partial charge in [-0.2, -0.15) is 0 Å². The smallest absolute Gasteiger partial charge is 0.306 e. The van der Waals surface area contributed by atoms with E-state index in [0.29, 0.717) is 24.0 Å². The average molecular weight is 381 g/mol. The van der Waals surface area contributed by atoms with Crippen LogP contribution in [0.4, 0.5) is 0 Å². The number of rotatable bonds is 0. The van der Waals surface area contributed by atoms with E-state index < -0.39 is 0 Å². The zero-order valence-corrected chi connectivity index (χ0v) is 17.3. The zero-order chi connectivity index (χ0) is 19.1. The van der Waals surface area contributed by atoms with Crippen LogP contribution in [0.3, 0.4) is 0 Å². The van der Waals surface area contributed by atoms with E-state index in [4.69, 9.17) is 4.74 Å². The largest absolute Gasteiger partial charge is 0.458 e. The van der Waals surface area contributed by atoms with Crippen LogP contribution in [-0.2, 0) is 14.3 Å². The summed E-state index contributed by atoms with van der Waals surface area (Å²) in [5.74, 6) is 4.20. The van der Waals surface area contributed by atoms with Crippen LogP contribution < -0.4 is 0 Å². The molecule has 0 radical (unpaired) electrons. The number of ether oxygens (including phenoxy) is 1. The van der Waals surface area contributed by atoms with Crippen molar-refractivity contribution in [3.8, 4) is 0 Å². The summed E-state index contributed by atoms with van der Waals surface area (Å²) in [4.78, 5) is 24.9. The van der Waals surface area contributed by atoms with Gasteiger partial charge in [-0.05, 0) is 98.9 Å². The fourth-order valence-electron chi connectivity index (χ4n) is 9.63. The summed E-state index contributed by atoms with van der Waals surface area (Å²) in [5, 5.41) is 0. The quantitative estimate of drug-likeness (QED) is 0.565. The van der Waals surface area contributed by atoms with Crippen molar-refractivity contribution >= 4 is 11.8 Å². The monoisotopic (exact) mass is 380 g/mol. The van der Waals surface area contributed by atoms with Crippen molar-refractivity contribution in [1.82, 2.24) is 0 Å². The van der Waals surface area contributed by atoms with E-state index in [2.05, 4.69) is 19.9 Å². The van der Waals surface area contributed by atoms with Crippen molar-refractivity contribution in [2.45, 2.75) is 83.7 Å². The number of esters is 1. The number of fused-ring (bicyclic) bond motifs is 9. The Morgan fingerprint density at radius 3 is 2.50 bits per heavy atom.